The van der Waals surface area contributed by atoms with E-state index in [1.807, 2.05) is 30.7 Å². The first-order chi connectivity index (χ1) is 15.6. The van der Waals surface area contributed by atoms with E-state index in [2.05, 4.69) is 10.4 Å². The second-order valence-corrected chi connectivity index (χ2v) is 10.5. The maximum atomic E-state index is 12.6. The standard InChI is InChI=1S/C23H32N4O5S/c1-16-21(9-10-22(28)32-3)17(2)27(25-16)20-7-5-19(6-8-20)23(29)24-15-18-11-13-26(14-12-18)33(4,30)31/h5-8,18H,9-15H2,1-4H3,(H,24,29). The largest absolute Gasteiger partial charge is 0.469 e. The van der Waals surface area contributed by atoms with Crippen LogP contribution in [0.3, 0.4) is 0 Å². The molecule has 0 spiro atoms. The monoisotopic (exact) mass is 476 g/mol. The number of sulfonamides is 1. The third kappa shape index (κ3) is 6.20. The maximum absolute atomic E-state index is 12.6. The van der Waals surface area contributed by atoms with E-state index >= 15 is 0 Å². The zero-order valence-electron chi connectivity index (χ0n) is 19.6. The number of nitrogens with one attached hydrogen (secondary N) is 1. The number of aromatic nitrogens is 2. The number of ether oxygens (including phenoxy) is 1. The van der Waals surface area contributed by atoms with Crippen LogP contribution in [0, 0.1) is 19.8 Å². The summed E-state index contributed by atoms with van der Waals surface area (Å²) < 4.78 is 31.3. The summed E-state index contributed by atoms with van der Waals surface area (Å²) in [5, 5.41) is 7.56. The summed E-state index contributed by atoms with van der Waals surface area (Å²) in [4.78, 5) is 24.1. The molecular weight excluding hydrogens is 444 g/mol. The van der Waals surface area contributed by atoms with Gasteiger partial charge < -0.3 is 10.1 Å². The SMILES string of the molecule is COC(=O)CCc1c(C)nn(-c2ccc(C(=O)NCC3CCN(S(C)(=O)=O)CC3)cc2)c1C. The lowest BCUT2D eigenvalue weighted by molar-refractivity contribution is -0.140. The smallest absolute Gasteiger partial charge is 0.305 e. The lowest BCUT2D eigenvalue weighted by Crippen LogP contribution is -2.41. The molecule has 1 aromatic heterocycles. The van der Waals surface area contributed by atoms with Gasteiger partial charge in [0.1, 0.15) is 0 Å². The number of rotatable bonds is 8. The van der Waals surface area contributed by atoms with E-state index in [4.69, 9.17) is 4.74 Å². The topological polar surface area (TPSA) is 111 Å². The number of piperidine rings is 1. The van der Waals surface area contributed by atoms with Crippen LogP contribution in [0.1, 0.15) is 46.6 Å². The normalized spacial score (nSPS) is 15.4. The minimum absolute atomic E-state index is 0.153. The van der Waals surface area contributed by atoms with Crippen molar-refractivity contribution >= 4 is 21.9 Å². The average Bonchev–Trinajstić information content (AvgIpc) is 3.08. The molecule has 0 saturated carbocycles. The number of hydrogen-bond donors (Lipinski definition) is 1. The number of nitrogens with zero attached hydrogens (tertiary/aromatic N) is 3. The average molecular weight is 477 g/mol. The van der Waals surface area contributed by atoms with Gasteiger partial charge in [0.15, 0.2) is 0 Å². The first-order valence-corrected chi connectivity index (χ1v) is 12.9. The summed E-state index contributed by atoms with van der Waals surface area (Å²) in [6, 6.07) is 7.23. The van der Waals surface area contributed by atoms with Crippen LogP contribution in [0.15, 0.2) is 24.3 Å². The molecule has 0 radical (unpaired) electrons. The Morgan fingerprint density at radius 3 is 2.36 bits per heavy atom. The summed E-state index contributed by atoms with van der Waals surface area (Å²) in [5.41, 5.74) is 4.22. The van der Waals surface area contributed by atoms with Crippen molar-refractivity contribution in [2.45, 2.75) is 39.5 Å². The predicted octanol–water partition coefficient (Wildman–Crippen LogP) is 2.00. The molecule has 1 aliphatic rings. The number of methoxy groups -OCH3 is 1. The van der Waals surface area contributed by atoms with E-state index in [1.54, 1.807) is 12.1 Å². The molecular formula is C23H32N4O5S. The summed E-state index contributed by atoms with van der Waals surface area (Å²) in [6.45, 7) is 5.40. The highest BCUT2D eigenvalue weighted by molar-refractivity contribution is 7.88. The van der Waals surface area contributed by atoms with Gasteiger partial charge in [0, 0.05) is 37.3 Å². The van der Waals surface area contributed by atoms with Gasteiger partial charge in [-0.3, -0.25) is 9.59 Å². The quantitative estimate of drug-likeness (QED) is 0.584. The van der Waals surface area contributed by atoms with Crippen LogP contribution in [0.2, 0.25) is 0 Å². The van der Waals surface area contributed by atoms with Crippen LogP contribution >= 0.6 is 0 Å². The lowest BCUT2D eigenvalue weighted by atomic mass is 9.98. The summed E-state index contributed by atoms with van der Waals surface area (Å²) in [7, 11) is -1.77. The van der Waals surface area contributed by atoms with Crippen LogP contribution in [0.5, 0.6) is 0 Å². The fourth-order valence-corrected chi connectivity index (χ4v) is 5.03. The Labute approximate surface area is 195 Å². The van der Waals surface area contributed by atoms with Gasteiger partial charge in [-0.1, -0.05) is 0 Å². The molecule has 0 aliphatic carbocycles. The third-order valence-corrected chi connectivity index (χ3v) is 7.52. The zero-order valence-corrected chi connectivity index (χ0v) is 20.4. The van der Waals surface area contributed by atoms with E-state index in [1.165, 1.54) is 17.7 Å². The van der Waals surface area contributed by atoms with E-state index < -0.39 is 10.0 Å². The number of aryl methyl sites for hydroxylation is 1. The molecule has 3 rings (SSSR count). The Kier molecular flexibility index (Phi) is 7.91. The van der Waals surface area contributed by atoms with Crippen molar-refractivity contribution in [3.8, 4) is 5.69 Å². The molecule has 1 N–H and O–H groups in total. The highest BCUT2D eigenvalue weighted by Gasteiger charge is 2.25. The highest BCUT2D eigenvalue weighted by atomic mass is 32.2. The van der Waals surface area contributed by atoms with Crippen LogP contribution in [-0.4, -0.2) is 67.4 Å². The molecule has 1 amide bonds. The zero-order chi connectivity index (χ0) is 24.2. The number of amides is 1. The van der Waals surface area contributed by atoms with Crippen molar-refractivity contribution in [2.75, 3.05) is 33.0 Å². The Morgan fingerprint density at radius 1 is 1.15 bits per heavy atom. The first-order valence-electron chi connectivity index (χ1n) is 11.1. The van der Waals surface area contributed by atoms with E-state index in [9.17, 15) is 18.0 Å². The molecule has 1 saturated heterocycles. The maximum Gasteiger partial charge on any atom is 0.305 e. The summed E-state index contributed by atoms with van der Waals surface area (Å²) in [5.74, 6) is -0.138. The van der Waals surface area contributed by atoms with E-state index in [0.29, 0.717) is 38.0 Å². The second kappa shape index (κ2) is 10.5. The molecule has 33 heavy (non-hydrogen) atoms. The minimum Gasteiger partial charge on any atom is -0.469 e. The predicted molar refractivity (Wildman–Crippen MR) is 125 cm³/mol. The van der Waals surface area contributed by atoms with Gasteiger partial charge in [-0.05, 0) is 68.9 Å². The lowest BCUT2D eigenvalue weighted by Gasteiger charge is -2.30. The van der Waals surface area contributed by atoms with Crippen LogP contribution in [0.4, 0.5) is 0 Å². The second-order valence-electron chi connectivity index (χ2n) is 8.50. The van der Waals surface area contributed by atoms with Gasteiger partial charge in [-0.2, -0.15) is 5.10 Å². The van der Waals surface area contributed by atoms with Crippen LogP contribution in [0.25, 0.3) is 5.69 Å². The number of benzene rings is 1. The van der Waals surface area contributed by atoms with Crippen molar-refractivity contribution < 1.29 is 22.7 Å². The number of hydrogen-bond acceptors (Lipinski definition) is 6. The Hall–Kier alpha value is -2.72. The van der Waals surface area contributed by atoms with Gasteiger partial charge >= 0.3 is 5.97 Å². The molecule has 2 heterocycles. The molecule has 9 nitrogen and oxygen atoms in total. The molecule has 0 unspecified atom stereocenters. The van der Waals surface area contributed by atoms with Gasteiger partial charge in [-0.15, -0.1) is 0 Å². The van der Waals surface area contributed by atoms with Crippen molar-refractivity contribution in [3.63, 3.8) is 0 Å². The van der Waals surface area contributed by atoms with Crippen LogP contribution in [-0.2, 0) is 26.0 Å². The minimum atomic E-state index is -3.15. The number of carbonyl (C=O) groups is 2. The van der Waals surface area contributed by atoms with Crippen molar-refractivity contribution in [3.05, 3.63) is 46.8 Å². The van der Waals surface area contributed by atoms with Gasteiger partial charge in [-0.25, -0.2) is 17.4 Å². The molecule has 0 atom stereocenters. The fourth-order valence-electron chi connectivity index (χ4n) is 4.16. The summed E-state index contributed by atoms with van der Waals surface area (Å²) in [6.07, 6.45) is 3.57. The van der Waals surface area contributed by atoms with Crippen molar-refractivity contribution in [1.82, 2.24) is 19.4 Å². The van der Waals surface area contributed by atoms with Crippen LogP contribution < -0.4 is 5.32 Å². The van der Waals surface area contributed by atoms with Crippen molar-refractivity contribution in [2.24, 2.45) is 5.92 Å². The first kappa shape index (κ1) is 24.9. The Morgan fingerprint density at radius 2 is 1.79 bits per heavy atom. The highest BCUT2D eigenvalue weighted by Crippen LogP contribution is 2.21. The number of esters is 1. The molecule has 1 aliphatic heterocycles. The molecule has 0 bridgehead atoms. The Bertz CT molecular complexity index is 1100. The third-order valence-electron chi connectivity index (χ3n) is 6.22. The molecule has 1 fully saturated rings. The summed E-state index contributed by atoms with van der Waals surface area (Å²) >= 11 is 0. The van der Waals surface area contributed by atoms with Gasteiger partial charge in [0.2, 0.25) is 10.0 Å². The fraction of sp³-hybridized carbons (Fsp3) is 0.522. The number of carbonyl (C=O) groups excluding carboxylic acids is 2. The van der Waals surface area contributed by atoms with Gasteiger partial charge in [0.25, 0.3) is 5.91 Å². The molecule has 1 aromatic carbocycles. The molecule has 180 valence electrons. The van der Waals surface area contributed by atoms with E-state index in [0.717, 1.165) is 35.5 Å². The van der Waals surface area contributed by atoms with E-state index in [-0.39, 0.29) is 17.8 Å². The van der Waals surface area contributed by atoms with Crippen molar-refractivity contribution in [1.29, 1.82) is 0 Å². The van der Waals surface area contributed by atoms with Gasteiger partial charge in [0.05, 0.1) is 24.7 Å². The Balaban J connectivity index is 1.58. The molecule has 10 heteroatoms. The molecule has 2 aromatic rings.